The van der Waals surface area contributed by atoms with Gasteiger partial charge in [0, 0.05) is 64.6 Å². The number of amides is 4. The van der Waals surface area contributed by atoms with Crippen LogP contribution >= 0.6 is 26.0 Å². The van der Waals surface area contributed by atoms with E-state index in [1.165, 1.54) is 30.4 Å². The predicted molar refractivity (Wildman–Crippen MR) is 325 cm³/mol. The summed E-state index contributed by atoms with van der Waals surface area (Å²) in [4.78, 5) is 149. The maximum absolute atomic E-state index is 17.3. The molecule has 97 heavy (non-hydrogen) atoms. The molecule has 4 fully saturated rings. The van der Waals surface area contributed by atoms with E-state index in [1.807, 2.05) is 0 Å². The molecule has 0 aliphatic carbocycles. The lowest BCUT2D eigenvalue weighted by atomic mass is 9.97. The Bertz CT molecular complexity index is 3980. The summed E-state index contributed by atoms with van der Waals surface area (Å²) in [6, 6.07) is 3.96. The average Bonchev–Trinajstić information content (AvgIpc) is 1.71. The fraction of sp³-hybridized carbons (Fsp3) is 0.536. The number of carbonyl (C=O) groups excluding carboxylic acids is 8. The van der Waals surface area contributed by atoms with Gasteiger partial charge in [0.25, 0.3) is 17.4 Å². The van der Waals surface area contributed by atoms with Crippen LogP contribution in [0.3, 0.4) is 0 Å². The molecule has 9 heterocycles. The molecule has 6 N–H and O–H groups in total. The summed E-state index contributed by atoms with van der Waals surface area (Å²) in [6.45, 7) is -3.52. The molecule has 4 saturated heterocycles. The zero-order valence-corrected chi connectivity index (χ0v) is 54.6. The zero-order chi connectivity index (χ0) is 69.5. The number of nitrogens with two attached hydrogens (primary N) is 1. The van der Waals surface area contributed by atoms with Crippen LogP contribution in [-0.4, -0.2) is 197 Å². The van der Waals surface area contributed by atoms with Gasteiger partial charge in [-0.1, -0.05) is 18.9 Å². The molecule has 5 aliphatic heterocycles. The van der Waals surface area contributed by atoms with Gasteiger partial charge in [-0.2, -0.15) is 0 Å². The van der Waals surface area contributed by atoms with Crippen LogP contribution in [0.2, 0.25) is 0 Å². The highest BCUT2D eigenvalue weighted by Gasteiger charge is 2.58. The number of esters is 4. The Morgan fingerprint density at radius 2 is 1.35 bits per heavy atom. The molecule has 0 radical (unpaired) electrons. The Morgan fingerprint density at radius 3 is 2.02 bits per heavy atom. The molecule has 10 rings (SSSR count). The molecule has 41 heteroatoms. The number of nitrogens with zero attached hydrogens (tertiary/aromatic N) is 8. The molecule has 5 aliphatic rings. The standard InChI is InChI=1S/C56H66F2N12O24P2S/c1-27(71)86-45-46(87-28(2)72)48(88-29(3)73)56(92-47(45)55(79)83-4)91-32-14-13-30(19-31(32)67-36(75)12-7-5-9-17-60-35(74)11-8-6-10-18-68-37(76)15-16-38(68)77)22-97-96(82)85-21-34-43(39(57)53(90-34)70-26-66-42-51(70)63-24-64-52(42)78)93-95(80,81)84-20-33-44(94-96)40(58)54(89-33)69-25-65-41-49(59)61-23-62-50(41)69/h13-16,19,23-26,33-34,39-40,43-48,53-54,56H,5-12,17-18,20-22H2,1-4H3,(H,60,74)(H,67,75)(H,80,81)(H2,59,61,62)(H,63,64,78)/t33-,34-,39-,40-,43-,44-,45+,46?,47?,48?,53-,54-,56-,96?/m1/s1. The number of alkyl halides is 2. The SMILES string of the molecule is COC(=O)C1O[C@@H](Oc2ccc(CSP3(=O)OC[C@H]4O[C@@H](n5cnc6c(=O)[nH]cnc65)[C@H](F)[C@@H]4OP(=O)(O)OC[C@H]4O[C@@H](n5cnc6c(N)ncnc65)[C@H](F)[C@@H]4O3)cc2NC(=O)CCCCCNC(=O)CCCCCN2C(=O)C=CC2=O)C(OC(C)=O)C(OC(C)=O)[C@@H]1OC(C)=O. The van der Waals surface area contributed by atoms with Gasteiger partial charge in [0.05, 0.1) is 45.0 Å². The predicted octanol–water partition coefficient (Wildman–Crippen LogP) is 3.14. The van der Waals surface area contributed by atoms with E-state index in [-0.39, 0.29) is 95.2 Å². The molecule has 1 aromatic carbocycles. The maximum Gasteiger partial charge on any atom is 0.472 e. The summed E-state index contributed by atoms with van der Waals surface area (Å²) in [5.41, 5.74) is 4.92. The van der Waals surface area contributed by atoms with E-state index >= 15 is 13.3 Å². The summed E-state index contributed by atoms with van der Waals surface area (Å²) < 4.78 is 134. The first-order chi connectivity index (χ1) is 46.3. The van der Waals surface area contributed by atoms with Crippen LogP contribution in [0.5, 0.6) is 5.75 Å². The van der Waals surface area contributed by atoms with E-state index in [2.05, 4.69) is 40.5 Å². The quantitative estimate of drug-likeness (QED) is 0.0195. The molecule has 524 valence electrons. The van der Waals surface area contributed by atoms with E-state index in [0.717, 1.165) is 67.2 Å². The average molecular weight is 1420 g/mol. The number of nitrogen functional groups attached to an aromatic ring is 1. The van der Waals surface area contributed by atoms with E-state index in [0.29, 0.717) is 43.5 Å². The number of fused-ring (bicyclic) bond motifs is 4. The van der Waals surface area contributed by atoms with Crippen molar-refractivity contribution in [2.45, 2.75) is 158 Å². The minimum Gasteiger partial charge on any atom is -0.467 e. The number of halogens is 2. The molecule has 15 atom stereocenters. The highest BCUT2D eigenvalue weighted by atomic mass is 32.7. The number of hydrogen-bond acceptors (Lipinski definition) is 30. The van der Waals surface area contributed by atoms with Crippen molar-refractivity contribution in [2.75, 3.05) is 44.5 Å². The van der Waals surface area contributed by atoms with Crippen LogP contribution in [0, 0.1) is 0 Å². The largest absolute Gasteiger partial charge is 0.472 e. The van der Waals surface area contributed by atoms with Crippen molar-refractivity contribution in [1.29, 1.82) is 0 Å². The van der Waals surface area contributed by atoms with E-state index in [1.54, 1.807) is 0 Å². The van der Waals surface area contributed by atoms with E-state index in [4.69, 9.17) is 61.7 Å². The van der Waals surface area contributed by atoms with Crippen molar-refractivity contribution >= 4 is 107 Å². The fourth-order valence-corrected chi connectivity index (χ4v) is 15.4. The first kappa shape index (κ1) is 71.5. The number of aromatic nitrogens is 8. The number of aromatic amines is 1. The second kappa shape index (κ2) is 31.1. The van der Waals surface area contributed by atoms with Crippen LogP contribution in [0.25, 0.3) is 22.3 Å². The molecule has 5 unspecified atom stereocenters. The number of anilines is 2. The van der Waals surface area contributed by atoms with E-state index < -0.39 is 149 Å². The number of benzene rings is 1. The van der Waals surface area contributed by atoms with Gasteiger partial charge in [-0.05, 0) is 54.8 Å². The molecule has 5 aromatic rings. The number of unbranched alkanes of at least 4 members (excludes halogenated alkanes) is 4. The number of phosphoric ester groups is 1. The van der Waals surface area contributed by atoms with Gasteiger partial charge in [0.2, 0.25) is 24.2 Å². The normalized spacial score (nSPS) is 28.9. The van der Waals surface area contributed by atoms with Gasteiger partial charge in [0.15, 0.2) is 65.7 Å². The van der Waals surface area contributed by atoms with Gasteiger partial charge in [-0.3, -0.25) is 70.5 Å². The first-order valence-corrected chi connectivity index (χ1v) is 34.7. The number of phosphoric acid groups is 1. The van der Waals surface area contributed by atoms with Crippen molar-refractivity contribution in [1.82, 2.24) is 49.3 Å². The number of ether oxygens (including phenoxy) is 8. The Hall–Kier alpha value is -8.23. The highest BCUT2D eigenvalue weighted by Crippen LogP contribution is 2.65. The number of hydrogen-bond donors (Lipinski definition) is 5. The number of H-pyrrole nitrogens is 1. The number of nitrogens with one attached hydrogen (secondary N) is 3. The van der Waals surface area contributed by atoms with Gasteiger partial charge >= 0.3 is 38.5 Å². The van der Waals surface area contributed by atoms with Gasteiger partial charge in [-0.15, -0.1) is 0 Å². The van der Waals surface area contributed by atoms with Crippen molar-refractivity contribution < 1.29 is 117 Å². The van der Waals surface area contributed by atoms with Gasteiger partial charge in [-0.25, -0.2) is 47.6 Å². The molecule has 4 amide bonds. The first-order valence-electron chi connectivity index (χ1n) is 30.1. The molecule has 0 spiro atoms. The smallest absolute Gasteiger partial charge is 0.467 e. The van der Waals surface area contributed by atoms with Crippen molar-refractivity contribution in [3.05, 3.63) is 71.6 Å². The molecule has 0 bridgehead atoms. The topological polar surface area (TPSA) is 462 Å². The van der Waals surface area contributed by atoms with Crippen molar-refractivity contribution in [3.8, 4) is 5.75 Å². The number of imidazole rings is 2. The number of methoxy groups -OCH3 is 1. The van der Waals surface area contributed by atoms with Crippen molar-refractivity contribution in [3.63, 3.8) is 0 Å². The summed E-state index contributed by atoms with van der Waals surface area (Å²) in [6.07, 6.45) is -15.6. The van der Waals surface area contributed by atoms with Crippen LogP contribution in [0.1, 0.15) is 90.2 Å². The highest BCUT2D eigenvalue weighted by molar-refractivity contribution is 8.54. The third-order valence-electron chi connectivity index (χ3n) is 15.5. The lowest BCUT2D eigenvalue weighted by molar-refractivity contribution is -0.282. The lowest BCUT2D eigenvalue weighted by Gasteiger charge is -2.43. The van der Waals surface area contributed by atoms with E-state index in [9.17, 15) is 52.6 Å². The Balaban J connectivity index is 0.914. The molecule has 0 saturated carbocycles. The van der Waals surface area contributed by atoms with Crippen LogP contribution in [-0.2, 0) is 104 Å². The lowest BCUT2D eigenvalue weighted by Crippen LogP contribution is -2.64. The third-order valence-corrected chi connectivity index (χ3v) is 20.2. The minimum absolute atomic E-state index is 0.0254. The summed E-state index contributed by atoms with van der Waals surface area (Å²) >= 11 is 0.423. The van der Waals surface area contributed by atoms with Crippen LogP contribution in [0.4, 0.5) is 20.3 Å². The summed E-state index contributed by atoms with van der Waals surface area (Å²) in [7, 11) is -4.41. The molecular weight excluding hydrogens is 1360 g/mol. The fourth-order valence-electron chi connectivity index (χ4n) is 11.0. The van der Waals surface area contributed by atoms with Crippen molar-refractivity contribution in [2.24, 2.45) is 0 Å². The Morgan fingerprint density at radius 1 is 0.742 bits per heavy atom. The zero-order valence-electron chi connectivity index (χ0n) is 51.9. The third kappa shape index (κ3) is 17.0. The Kier molecular flexibility index (Phi) is 22.9. The summed E-state index contributed by atoms with van der Waals surface area (Å²) in [5, 5.41) is 5.57. The Labute approximate surface area is 551 Å². The maximum atomic E-state index is 17.3. The number of imide groups is 1. The molecule has 36 nitrogen and oxygen atoms in total. The van der Waals surface area contributed by atoms with Crippen LogP contribution in [0.15, 0.2) is 60.5 Å². The second-order valence-corrected chi connectivity index (χ2v) is 27.8. The molecule has 4 aromatic heterocycles. The van der Waals surface area contributed by atoms with Gasteiger partial charge in [0.1, 0.15) is 42.0 Å². The minimum atomic E-state index is -5.39. The molecular formula is C56H66F2N12O24P2S. The second-order valence-electron chi connectivity index (χ2n) is 22.4. The number of rotatable bonds is 24. The summed E-state index contributed by atoms with van der Waals surface area (Å²) in [5.74, 6) is -6.49. The number of carbonyl (C=O) groups is 8. The monoisotopic (exact) mass is 1420 g/mol. The van der Waals surface area contributed by atoms with Crippen LogP contribution < -0.4 is 26.7 Å². The van der Waals surface area contributed by atoms with Gasteiger partial charge < -0.3 is 64.1 Å².